The summed E-state index contributed by atoms with van der Waals surface area (Å²) in [5.41, 5.74) is 6.01. The number of alkyl halides is 2. The zero-order chi connectivity index (χ0) is 28.5. The fraction of sp³-hybridized carbons (Fsp3) is 0.138. The largest absolute Gasteiger partial charge is 0.366 e. The Hall–Kier alpha value is -4.44. The second kappa shape index (κ2) is 9.34. The molecule has 2 amide bonds. The van der Waals surface area contributed by atoms with E-state index in [9.17, 15) is 22.8 Å². The lowest BCUT2D eigenvalue weighted by atomic mass is 9.84. The molecule has 0 aliphatic carbocycles. The summed E-state index contributed by atoms with van der Waals surface area (Å²) < 4.78 is 58.8. The number of hydrogen-bond acceptors (Lipinski definition) is 3. The Bertz CT molecular complexity index is 1900. The predicted octanol–water partition coefficient (Wildman–Crippen LogP) is 6.06. The number of nitrogens with zero attached hydrogens (tertiary/aromatic N) is 2. The minimum Gasteiger partial charge on any atom is -0.366 e. The van der Waals surface area contributed by atoms with Crippen molar-refractivity contribution < 1.29 is 27.2 Å². The third kappa shape index (κ3) is 3.90. The first-order chi connectivity index (χ1) is 19.1. The number of primary amides is 1. The van der Waals surface area contributed by atoms with Gasteiger partial charge in [-0.3, -0.25) is 14.3 Å². The van der Waals surface area contributed by atoms with Crippen LogP contribution in [0.3, 0.4) is 0 Å². The molecule has 0 saturated carbocycles. The first-order valence-corrected chi connectivity index (χ1v) is 12.5. The molecule has 0 bridgehead atoms. The Kier molecular flexibility index (Phi) is 6.03. The first kappa shape index (κ1) is 25.8. The second-order valence-electron chi connectivity index (χ2n) is 9.54. The highest BCUT2D eigenvalue weighted by Gasteiger charge is 2.39. The van der Waals surface area contributed by atoms with E-state index < -0.39 is 42.3 Å². The number of carbonyl (C=O) groups is 2. The Balaban J connectivity index is 1.80. The van der Waals surface area contributed by atoms with E-state index in [0.29, 0.717) is 10.8 Å². The van der Waals surface area contributed by atoms with Gasteiger partial charge >= 0.3 is 0 Å². The molecular formula is C29H19ClF4N4O2. The van der Waals surface area contributed by atoms with E-state index in [1.807, 2.05) is 0 Å². The van der Waals surface area contributed by atoms with Crippen LogP contribution in [0, 0.1) is 11.6 Å². The van der Waals surface area contributed by atoms with Crippen LogP contribution in [-0.2, 0) is 13.5 Å². The molecule has 11 heteroatoms. The molecule has 0 radical (unpaired) electrons. The van der Waals surface area contributed by atoms with Crippen molar-refractivity contribution in [1.82, 2.24) is 15.1 Å². The van der Waals surface area contributed by atoms with Crippen LogP contribution in [0.5, 0.6) is 0 Å². The average molecular weight is 567 g/mol. The van der Waals surface area contributed by atoms with Crippen molar-refractivity contribution in [2.24, 2.45) is 12.8 Å². The molecule has 5 aromatic rings. The minimum absolute atomic E-state index is 0.0167. The number of nitrogens with two attached hydrogens (primary N) is 1. The van der Waals surface area contributed by atoms with Crippen LogP contribution in [0.15, 0.2) is 54.6 Å². The molecule has 3 N–H and O–H groups in total. The van der Waals surface area contributed by atoms with Gasteiger partial charge in [0.15, 0.2) is 0 Å². The van der Waals surface area contributed by atoms with Gasteiger partial charge in [-0.1, -0.05) is 35.9 Å². The summed E-state index contributed by atoms with van der Waals surface area (Å²) in [5.74, 6) is -3.03. The molecule has 6 rings (SSSR count). The number of rotatable bonds is 5. The molecule has 0 fully saturated rings. The summed E-state index contributed by atoms with van der Waals surface area (Å²) in [7, 11) is 1.46. The van der Waals surface area contributed by atoms with Crippen LogP contribution in [0.4, 0.5) is 17.6 Å². The fourth-order valence-corrected chi connectivity index (χ4v) is 5.82. The number of nitrogens with one attached hydrogen (secondary N) is 1. The van der Waals surface area contributed by atoms with E-state index in [1.54, 1.807) is 24.3 Å². The summed E-state index contributed by atoms with van der Waals surface area (Å²) in [4.78, 5) is 26.3. The molecule has 1 aliphatic heterocycles. The minimum atomic E-state index is -2.73. The van der Waals surface area contributed by atoms with Crippen molar-refractivity contribution >= 4 is 45.1 Å². The summed E-state index contributed by atoms with van der Waals surface area (Å²) in [6.45, 7) is 0. The standard InChI is InChI=1S/C29H19ClF4N4O2/c1-38-20(11-21(33)34)16-10-17(22-19(32)8-12-4-2-3-5-14(12)24(22)28(35)39)23-25(27(16)37-38)29(40)36-26(23)15-9-13(31)6-7-18(15)30/h2-10,21,26H,11H2,1H3,(H2,35,39)(H,36,40). The Labute approximate surface area is 229 Å². The predicted molar refractivity (Wildman–Crippen MR) is 143 cm³/mol. The van der Waals surface area contributed by atoms with Crippen LogP contribution < -0.4 is 11.1 Å². The first-order valence-electron chi connectivity index (χ1n) is 12.1. The maximum atomic E-state index is 16.0. The third-order valence-corrected chi connectivity index (χ3v) is 7.56. The number of benzene rings is 4. The average Bonchev–Trinajstić information content (AvgIpc) is 3.40. The highest BCUT2D eigenvalue weighted by molar-refractivity contribution is 6.31. The van der Waals surface area contributed by atoms with Gasteiger partial charge in [-0.25, -0.2) is 17.6 Å². The van der Waals surface area contributed by atoms with Gasteiger partial charge in [0.25, 0.3) is 5.91 Å². The maximum absolute atomic E-state index is 16.0. The molecule has 1 aromatic heterocycles. The smallest absolute Gasteiger partial charge is 0.254 e. The van der Waals surface area contributed by atoms with E-state index >= 15 is 4.39 Å². The second-order valence-corrected chi connectivity index (χ2v) is 9.95. The number of aryl methyl sites for hydroxylation is 1. The van der Waals surface area contributed by atoms with Crippen LogP contribution in [0.1, 0.15) is 43.6 Å². The van der Waals surface area contributed by atoms with Crippen molar-refractivity contribution in [2.45, 2.75) is 18.9 Å². The molecule has 1 unspecified atom stereocenters. The van der Waals surface area contributed by atoms with Gasteiger partial charge in [-0.2, -0.15) is 5.10 Å². The molecular weight excluding hydrogens is 548 g/mol. The summed E-state index contributed by atoms with van der Waals surface area (Å²) in [5, 5.41) is 8.18. The topological polar surface area (TPSA) is 90.0 Å². The molecule has 0 spiro atoms. The van der Waals surface area contributed by atoms with E-state index in [0.717, 1.165) is 12.1 Å². The SMILES string of the molecule is Cn1nc2c3c(c(-c4c(F)cc5ccccc5c4C(N)=O)cc2c1CC(F)F)C(c1cc(F)ccc1Cl)NC3=O. The maximum Gasteiger partial charge on any atom is 0.254 e. The van der Waals surface area contributed by atoms with E-state index in [4.69, 9.17) is 17.3 Å². The van der Waals surface area contributed by atoms with Crippen LogP contribution in [0.2, 0.25) is 5.02 Å². The van der Waals surface area contributed by atoms with Crippen molar-refractivity contribution in [3.8, 4) is 11.1 Å². The monoisotopic (exact) mass is 566 g/mol. The zero-order valence-corrected chi connectivity index (χ0v) is 21.5. The summed E-state index contributed by atoms with van der Waals surface area (Å²) >= 11 is 6.42. The van der Waals surface area contributed by atoms with Crippen molar-refractivity contribution in [3.05, 3.63) is 99.2 Å². The van der Waals surface area contributed by atoms with Crippen LogP contribution >= 0.6 is 11.6 Å². The molecule has 202 valence electrons. The van der Waals surface area contributed by atoms with Gasteiger partial charge in [-0.15, -0.1) is 0 Å². The summed E-state index contributed by atoms with van der Waals surface area (Å²) in [6.07, 6.45) is -3.42. The third-order valence-electron chi connectivity index (χ3n) is 7.22. The van der Waals surface area contributed by atoms with Gasteiger partial charge in [0.2, 0.25) is 12.3 Å². The Morgan fingerprint density at radius 3 is 2.58 bits per heavy atom. The van der Waals surface area contributed by atoms with Crippen molar-refractivity contribution in [1.29, 1.82) is 0 Å². The number of fused-ring (bicyclic) bond motifs is 4. The molecule has 1 atom stereocenters. The molecule has 4 aromatic carbocycles. The van der Waals surface area contributed by atoms with E-state index in [1.165, 1.54) is 29.9 Å². The highest BCUT2D eigenvalue weighted by atomic mass is 35.5. The number of aromatic nitrogens is 2. The number of halogens is 5. The quantitative estimate of drug-likeness (QED) is 0.253. The van der Waals surface area contributed by atoms with Crippen LogP contribution in [-0.4, -0.2) is 28.0 Å². The fourth-order valence-electron chi connectivity index (χ4n) is 5.60. The molecule has 2 heterocycles. The Morgan fingerprint density at radius 2 is 1.85 bits per heavy atom. The van der Waals surface area contributed by atoms with Gasteiger partial charge in [-0.05, 0) is 46.7 Å². The number of carbonyl (C=O) groups excluding carboxylic acids is 2. The van der Waals surface area contributed by atoms with Gasteiger partial charge < -0.3 is 11.1 Å². The van der Waals surface area contributed by atoms with Gasteiger partial charge in [0, 0.05) is 34.1 Å². The molecule has 6 nitrogen and oxygen atoms in total. The lowest BCUT2D eigenvalue weighted by Crippen LogP contribution is -2.20. The van der Waals surface area contributed by atoms with Crippen molar-refractivity contribution in [3.63, 3.8) is 0 Å². The van der Waals surface area contributed by atoms with Crippen molar-refractivity contribution in [2.75, 3.05) is 0 Å². The zero-order valence-electron chi connectivity index (χ0n) is 20.7. The lowest BCUT2D eigenvalue weighted by Gasteiger charge is -2.20. The number of amides is 2. The highest BCUT2D eigenvalue weighted by Crippen LogP contribution is 2.46. The van der Waals surface area contributed by atoms with E-state index in [2.05, 4.69) is 10.4 Å². The summed E-state index contributed by atoms with van der Waals surface area (Å²) in [6, 6.07) is 11.8. The Morgan fingerprint density at radius 1 is 1.10 bits per heavy atom. The lowest BCUT2D eigenvalue weighted by molar-refractivity contribution is 0.0960. The van der Waals surface area contributed by atoms with E-state index in [-0.39, 0.29) is 55.0 Å². The van der Waals surface area contributed by atoms with Gasteiger partial charge in [0.05, 0.1) is 29.3 Å². The molecule has 1 aliphatic rings. The number of hydrogen-bond donors (Lipinski definition) is 2. The normalized spacial score (nSPS) is 14.8. The molecule has 40 heavy (non-hydrogen) atoms. The van der Waals surface area contributed by atoms with Crippen LogP contribution in [0.25, 0.3) is 32.8 Å². The molecule has 0 saturated heterocycles. The van der Waals surface area contributed by atoms with Gasteiger partial charge in [0.1, 0.15) is 17.2 Å².